The molecule has 0 aliphatic carbocycles. The van der Waals surface area contributed by atoms with Crippen LogP contribution in [-0.4, -0.2) is 0 Å². The maximum absolute atomic E-state index is 13.3. The van der Waals surface area contributed by atoms with E-state index in [2.05, 4.69) is 34.2 Å². The number of nitrogens with one attached hydrogen (secondary N) is 1. The van der Waals surface area contributed by atoms with Crippen LogP contribution in [0.3, 0.4) is 0 Å². The molecular weight excluding hydrogens is 301 g/mol. The van der Waals surface area contributed by atoms with Crippen LogP contribution in [0.2, 0.25) is 0 Å². The third-order valence-electron chi connectivity index (χ3n) is 2.48. The average Bonchev–Trinajstić information content (AvgIpc) is 2.61. The van der Waals surface area contributed by atoms with Gasteiger partial charge in [-0.1, -0.05) is 18.2 Å². The molecular formula is C13H13BrFNS. The highest BCUT2D eigenvalue weighted by atomic mass is 79.9. The molecule has 0 atom stereocenters. The van der Waals surface area contributed by atoms with Crippen LogP contribution >= 0.6 is 27.3 Å². The third kappa shape index (κ3) is 3.37. The fourth-order valence-corrected chi connectivity index (χ4v) is 3.14. The van der Waals surface area contributed by atoms with Gasteiger partial charge in [-0.05, 0) is 35.0 Å². The highest BCUT2D eigenvalue weighted by Gasteiger charge is 2.03. The van der Waals surface area contributed by atoms with E-state index in [0.29, 0.717) is 12.1 Å². The molecule has 0 radical (unpaired) electrons. The molecule has 1 aromatic carbocycles. The van der Waals surface area contributed by atoms with Gasteiger partial charge in [0.15, 0.2) is 0 Å². The van der Waals surface area contributed by atoms with Crippen molar-refractivity contribution in [3.63, 3.8) is 0 Å². The molecule has 0 bridgehead atoms. The summed E-state index contributed by atoms with van der Waals surface area (Å²) >= 11 is 5.24. The quantitative estimate of drug-likeness (QED) is 0.890. The fraction of sp³-hybridized carbons (Fsp3) is 0.231. The highest BCUT2D eigenvalue weighted by Crippen LogP contribution is 2.26. The molecule has 0 aliphatic heterocycles. The molecule has 0 aliphatic rings. The van der Waals surface area contributed by atoms with Crippen molar-refractivity contribution in [2.24, 2.45) is 0 Å². The zero-order valence-corrected chi connectivity index (χ0v) is 11.9. The van der Waals surface area contributed by atoms with E-state index in [4.69, 9.17) is 0 Å². The molecule has 1 aromatic heterocycles. The molecule has 90 valence electrons. The minimum absolute atomic E-state index is 0.149. The summed E-state index contributed by atoms with van der Waals surface area (Å²) in [7, 11) is 0. The van der Waals surface area contributed by atoms with E-state index in [-0.39, 0.29) is 5.82 Å². The lowest BCUT2D eigenvalue weighted by atomic mass is 10.2. The standard InChI is InChI=1S/C13H13BrFNS/c1-9-12(14)6-11(17-9)8-16-7-10-4-2-3-5-13(10)15/h2-6,16H,7-8H2,1H3. The van der Waals surface area contributed by atoms with Gasteiger partial charge < -0.3 is 5.32 Å². The highest BCUT2D eigenvalue weighted by molar-refractivity contribution is 9.10. The second-order valence-electron chi connectivity index (χ2n) is 3.81. The van der Waals surface area contributed by atoms with Gasteiger partial charge in [0, 0.05) is 32.9 Å². The predicted molar refractivity (Wildman–Crippen MR) is 73.7 cm³/mol. The molecule has 0 saturated heterocycles. The Labute approximate surface area is 113 Å². The van der Waals surface area contributed by atoms with E-state index in [0.717, 1.165) is 11.0 Å². The van der Waals surface area contributed by atoms with Crippen LogP contribution in [0.25, 0.3) is 0 Å². The summed E-state index contributed by atoms with van der Waals surface area (Å²) < 4.78 is 14.5. The molecule has 2 rings (SSSR count). The van der Waals surface area contributed by atoms with E-state index in [1.807, 2.05) is 6.07 Å². The van der Waals surface area contributed by atoms with E-state index < -0.39 is 0 Å². The maximum atomic E-state index is 13.3. The number of thiophene rings is 1. The lowest BCUT2D eigenvalue weighted by Gasteiger charge is -2.04. The molecule has 1 N–H and O–H groups in total. The first-order chi connectivity index (χ1) is 8.16. The van der Waals surface area contributed by atoms with Gasteiger partial charge in [0.1, 0.15) is 5.82 Å². The monoisotopic (exact) mass is 313 g/mol. The number of hydrogen-bond donors (Lipinski definition) is 1. The Kier molecular flexibility index (Phi) is 4.31. The molecule has 0 fully saturated rings. The van der Waals surface area contributed by atoms with Crippen molar-refractivity contribution in [1.29, 1.82) is 0 Å². The summed E-state index contributed by atoms with van der Waals surface area (Å²) in [6, 6.07) is 8.96. The van der Waals surface area contributed by atoms with Crippen LogP contribution in [0.5, 0.6) is 0 Å². The molecule has 0 unspecified atom stereocenters. The summed E-state index contributed by atoms with van der Waals surface area (Å²) in [5, 5.41) is 3.25. The van der Waals surface area contributed by atoms with Gasteiger partial charge in [-0.15, -0.1) is 11.3 Å². The Hall–Kier alpha value is -0.710. The van der Waals surface area contributed by atoms with Crippen molar-refractivity contribution in [3.05, 3.63) is 55.9 Å². The molecule has 0 saturated carbocycles. The summed E-state index contributed by atoms with van der Waals surface area (Å²) in [6.45, 7) is 3.40. The summed E-state index contributed by atoms with van der Waals surface area (Å²) in [4.78, 5) is 2.53. The van der Waals surface area contributed by atoms with Crippen molar-refractivity contribution in [3.8, 4) is 0 Å². The Morgan fingerprint density at radius 2 is 2.06 bits per heavy atom. The number of rotatable bonds is 4. The number of aryl methyl sites for hydroxylation is 1. The first kappa shape index (κ1) is 12.7. The number of hydrogen-bond acceptors (Lipinski definition) is 2. The Bertz CT molecular complexity index is 490. The minimum Gasteiger partial charge on any atom is -0.308 e. The van der Waals surface area contributed by atoms with Gasteiger partial charge in [-0.2, -0.15) is 0 Å². The molecule has 1 nitrogen and oxygen atoms in total. The molecule has 17 heavy (non-hydrogen) atoms. The molecule has 0 amide bonds. The molecule has 1 heterocycles. The van der Waals surface area contributed by atoms with E-state index in [9.17, 15) is 4.39 Å². The summed E-state index contributed by atoms with van der Waals surface area (Å²) in [5.41, 5.74) is 0.708. The van der Waals surface area contributed by atoms with Crippen LogP contribution in [-0.2, 0) is 13.1 Å². The lowest BCUT2D eigenvalue weighted by Crippen LogP contribution is -2.12. The SMILES string of the molecule is Cc1sc(CNCc2ccccc2F)cc1Br. The van der Waals surface area contributed by atoms with E-state index in [1.54, 1.807) is 23.5 Å². The van der Waals surface area contributed by atoms with Gasteiger partial charge in [-0.3, -0.25) is 0 Å². The van der Waals surface area contributed by atoms with Gasteiger partial charge in [0.05, 0.1) is 0 Å². The van der Waals surface area contributed by atoms with Gasteiger partial charge in [0.2, 0.25) is 0 Å². The van der Waals surface area contributed by atoms with Crippen molar-refractivity contribution >= 4 is 27.3 Å². The predicted octanol–water partition coefficient (Wildman–Crippen LogP) is 4.25. The van der Waals surface area contributed by atoms with Crippen molar-refractivity contribution < 1.29 is 4.39 Å². The van der Waals surface area contributed by atoms with Crippen LogP contribution in [0.15, 0.2) is 34.8 Å². The normalized spacial score (nSPS) is 10.8. The van der Waals surface area contributed by atoms with Crippen LogP contribution < -0.4 is 5.32 Å². The second kappa shape index (κ2) is 5.76. The van der Waals surface area contributed by atoms with Crippen molar-refractivity contribution in [2.75, 3.05) is 0 Å². The average molecular weight is 314 g/mol. The maximum Gasteiger partial charge on any atom is 0.127 e. The number of halogens is 2. The van der Waals surface area contributed by atoms with Gasteiger partial charge >= 0.3 is 0 Å². The second-order valence-corrected chi connectivity index (χ2v) is 6.01. The molecule has 0 spiro atoms. The minimum atomic E-state index is -0.149. The first-order valence-corrected chi connectivity index (χ1v) is 6.96. The zero-order chi connectivity index (χ0) is 12.3. The smallest absolute Gasteiger partial charge is 0.127 e. The van der Waals surface area contributed by atoms with Gasteiger partial charge in [-0.25, -0.2) is 4.39 Å². The Morgan fingerprint density at radius 3 is 2.71 bits per heavy atom. The van der Waals surface area contributed by atoms with Crippen molar-refractivity contribution in [2.45, 2.75) is 20.0 Å². The van der Waals surface area contributed by atoms with E-state index in [1.165, 1.54) is 15.8 Å². The fourth-order valence-electron chi connectivity index (χ4n) is 1.57. The van der Waals surface area contributed by atoms with Gasteiger partial charge in [0.25, 0.3) is 0 Å². The topological polar surface area (TPSA) is 12.0 Å². The molecule has 4 heteroatoms. The van der Waals surface area contributed by atoms with Crippen LogP contribution in [0, 0.1) is 12.7 Å². The number of benzene rings is 1. The third-order valence-corrected chi connectivity index (χ3v) is 4.62. The Balaban J connectivity index is 1.90. The summed E-state index contributed by atoms with van der Waals surface area (Å²) in [6.07, 6.45) is 0. The lowest BCUT2D eigenvalue weighted by molar-refractivity contribution is 0.589. The van der Waals surface area contributed by atoms with Crippen LogP contribution in [0.1, 0.15) is 15.3 Å². The van der Waals surface area contributed by atoms with Crippen LogP contribution in [0.4, 0.5) is 4.39 Å². The first-order valence-electron chi connectivity index (χ1n) is 5.36. The molecule has 2 aromatic rings. The summed E-state index contributed by atoms with van der Waals surface area (Å²) in [5.74, 6) is -0.149. The zero-order valence-electron chi connectivity index (χ0n) is 9.47. The largest absolute Gasteiger partial charge is 0.308 e. The van der Waals surface area contributed by atoms with E-state index >= 15 is 0 Å². The Morgan fingerprint density at radius 1 is 1.29 bits per heavy atom. The van der Waals surface area contributed by atoms with Crippen molar-refractivity contribution in [1.82, 2.24) is 5.32 Å².